The number of benzene rings is 20. The molecule has 15 heteroatoms. The third-order valence-electron chi connectivity index (χ3n) is 28.5. The molecule has 9 nitrogen and oxygen atoms in total. The van der Waals surface area contributed by atoms with Gasteiger partial charge >= 0.3 is 0 Å². The van der Waals surface area contributed by atoms with Crippen molar-refractivity contribution in [2.45, 2.75) is 0 Å². The van der Waals surface area contributed by atoms with E-state index in [4.69, 9.17) is 29.9 Å². The van der Waals surface area contributed by atoms with Gasteiger partial charge in [-0.3, -0.25) is 13.7 Å². The molecule has 0 aliphatic rings. The fraction of sp³-hybridized carbons (Fsp3) is 0. The van der Waals surface area contributed by atoms with E-state index >= 15 is 0 Å². The maximum atomic E-state index is 5.47. The quantitative estimate of drug-likeness (QED) is 0.143. The van der Waals surface area contributed by atoms with Crippen LogP contribution < -0.4 is 0 Å². The molecule has 0 aliphatic carbocycles. The molecule has 0 radical (unpaired) electrons. The summed E-state index contributed by atoms with van der Waals surface area (Å²) < 4.78 is 22.9. The predicted molar refractivity (Wildman–Crippen MR) is 614 cm³/mol. The molecule has 0 N–H and O–H groups in total. The van der Waals surface area contributed by atoms with Gasteiger partial charge in [-0.1, -0.05) is 364 Å². The van der Waals surface area contributed by atoms with Gasteiger partial charge in [0.15, 0.2) is 0 Å². The molecule has 666 valence electrons. The van der Waals surface area contributed by atoms with Crippen molar-refractivity contribution < 1.29 is 0 Å². The van der Waals surface area contributed by atoms with Crippen LogP contribution in [0.5, 0.6) is 0 Å². The number of rotatable bonds is 9. The summed E-state index contributed by atoms with van der Waals surface area (Å²) >= 11 is 11.3. The lowest BCUT2D eigenvalue weighted by molar-refractivity contribution is 1.02. The van der Waals surface area contributed by atoms with Gasteiger partial charge in [0.1, 0.15) is 0 Å². The number of hydrogen-bond donors (Lipinski definition) is 0. The lowest BCUT2D eigenvalue weighted by atomic mass is 9.96. The largest absolute Gasteiger partial charge is 0.276 e. The van der Waals surface area contributed by atoms with Crippen LogP contribution in [0.1, 0.15) is 0 Å². The summed E-state index contributed by atoms with van der Waals surface area (Å²) in [4.78, 5) is 32.3. The number of para-hydroxylation sites is 3. The van der Waals surface area contributed by atoms with Crippen LogP contribution in [-0.2, 0) is 0 Å². The average molecular weight is 1930 g/mol. The van der Waals surface area contributed by atoms with Gasteiger partial charge in [0.25, 0.3) is 0 Å². The van der Waals surface area contributed by atoms with Crippen molar-refractivity contribution in [1.82, 2.24) is 43.6 Å². The summed E-state index contributed by atoms with van der Waals surface area (Å²) in [6, 6.07) is 158. The van der Waals surface area contributed by atoms with E-state index in [0.717, 1.165) is 99.7 Å². The summed E-state index contributed by atoms with van der Waals surface area (Å²) in [5.74, 6) is 2.06. The van der Waals surface area contributed by atoms with Crippen LogP contribution in [-0.4, -0.2) is 43.6 Å². The Morgan fingerprint density at radius 1 is 0.154 bits per heavy atom. The van der Waals surface area contributed by atoms with Crippen molar-refractivity contribution in [3.05, 3.63) is 443 Å². The topological polar surface area (TPSA) is 92.1 Å². The first kappa shape index (κ1) is 81.8. The second kappa shape index (κ2) is 32.8. The predicted octanol–water partition coefficient (Wildman–Crippen LogP) is 37.2. The molecule has 0 spiro atoms. The molecule has 32 rings (SSSR count). The zero-order valence-electron chi connectivity index (χ0n) is 76.1. The number of nitrogens with zero attached hydrogens (tertiary/aromatic N) is 9. The van der Waals surface area contributed by atoms with Crippen molar-refractivity contribution in [3.8, 4) is 85.0 Å². The lowest BCUT2D eigenvalue weighted by Crippen LogP contribution is -2.03. The monoisotopic (exact) mass is 1930 g/mol. The Labute approximate surface area is 840 Å². The molecule has 12 heterocycles. The molecule has 0 saturated carbocycles. The first-order chi connectivity index (χ1) is 70.9. The molecule has 0 fully saturated rings. The average Bonchev–Trinajstić information content (AvgIpc) is 1.55. The third kappa shape index (κ3) is 13.1. The van der Waals surface area contributed by atoms with Crippen LogP contribution in [0.2, 0.25) is 0 Å². The maximum Gasteiger partial charge on any atom is 0.235 e. The fourth-order valence-corrected chi connectivity index (χ4v) is 30.2. The second-order valence-electron chi connectivity index (χ2n) is 36.5. The smallest absolute Gasteiger partial charge is 0.235 e. The third-order valence-corrected chi connectivity index (χ3v) is 36.2. The van der Waals surface area contributed by atoms with Crippen LogP contribution in [0, 0.1) is 0 Å². The van der Waals surface area contributed by atoms with Crippen molar-refractivity contribution in [1.29, 1.82) is 0 Å². The van der Waals surface area contributed by atoms with Crippen LogP contribution in [0.4, 0.5) is 0 Å². The Morgan fingerprint density at radius 2 is 0.448 bits per heavy atom. The minimum Gasteiger partial charge on any atom is -0.276 e. The SMILES string of the molecule is c1ccc(-c2ccc3nc(-n4c5ccccc5c5ccc6c7sc8ccccc8c7sc6c54)nc(-c4ccccc4)c3c2)cc1.c1ccc(-c2nc(-n3c4ccccc4c4ccc5c6sc7ccccc7c6sc5c43)nc3ccc(-c4ccc5ccccc5c4)cc23)cc1.c1ccc(-c2nc(-n3c4ccccc4c4ccc5c6sc7ccccc7c6sc5c43)nc3ccc(-c4cccc5ccccc45)cc23)cc1. The Balaban J connectivity index is 0.000000100. The summed E-state index contributed by atoms with van der Waals surface area (Å²) in [6.45, 7) is 0. The molecule has 12 aromatic heterocycles. The molecular weight excluding hydrogens is 1860 g/mol. The molecule has 0 amide bonds. The minimum absolute atomic E-state index is 0.685. The van der Waals surface area contributed by atoms with E-state index in [-0.39, 0.29) is 0 Å². The van der Waals surface area contributed by atoms with E-state index in [0.29, 0.717) is 17.8 Å². The summed E-state index contributed by atoms with van der Waals surface area (Å²) in [7, 11) is 0. The van der Waals surface area contributed by atoms with Crippen LogP contribution in [0.3, 0.4) is 0 Å². The van der Waals surface area contributed by atoms with E-state index < -0.39 is 0 Å². The maximum absolute atomic E-state index is 5.47. The summed E-state index contributed by atoms with van der Waals surface area (Å²) in [5, 5.41) is 23.2. The molecule has 0 aliphatic heterocycles. The van der Waals surface area contributed by atoms with Crippen molar-refractivity contribution in [2.24, 2.45) is 0 Å². The van der Waals surface area contributed by atoms with Gasteiger partial charge in [0.2, 0.25) is 17.8 Å². The van der Waals surface area contributed by atoms with E-state index in [2.05, 4.69) is 457 Å². The molecule has 32 aromatic rings. The molecule has 0 unspecified atom stereocenters. The highest BCUT2D eigenvalue weighted by Crippen LogP contribution is 2.54. The highest BCUT2D eigenvalue weighted by molar-refractivity contribution is 7.38. The highest BCUT2D eigenvalue weighted by atomic mass is 32.1. The number of fused-ring (bicyclic) bond motifs is 32. The molecular formula is C128H73N9S6. The normalized spacial score (nSPS) is 12.1. The fourth-order valence-electron chi connectivity index (χ4n) is 21.9. The first-order valence-electron chi connectivity index (χ1n) is 47.8. The second-order valence-corrected chi connectivity index (χ2v) is 42.7. The number of thiophene rings is 6. The molecule has 0 atom stereocenters. The van der Waals surface area contributed by atoms with E-state index in [9.17, 15) is 0 Å². The molecule has 143 heavy (non-hydrogen) atoms. The molecule has 0 saturated heterocycles. The molecule has 20 aromatic carbocycles. The minimum atomic E-state index is 0.685. The first-order valence-corrected chi connectivity index (χ1v) is 52.7. The van der Waals surface area contributed by atoms with Gasteiger partial charge in [-0.05, 0) is 134 Å². The van der Waals surface area contributed by atoms with Crippen LogP contribution in [0.15, 0.2) is 443 Å². The van der Waals surface area contributed by atoms with Gasteiger partial charge in [0, 0.05) is 112 Å². The van der Waals surface area contributed by atoms with Gasteiger partial charge in [-0.25, -0.2) is 29.9 Å². The van der Waals surface area contributed by atoms with Crippen molar-refractivity contribution >= 4 is 276 Å². The van der Waals surface area contributed by atoms with Crippen molar-refractivity contribution in [2.75, 3.05) is 0 Å². The Morgan fingerprint density at radius 3 is 0.860 bits per heavy atom. The van der Waals surface area contributed by atoms with Gasteiger partial charge in [-0.2, -0.15) is 0 Å². The zero-order valence-corrected chi connectivity index (χ0v) is 81.0. The number of hydrogen-bond acceptors (Lipinski definition) is 12. The van der Waals surface area contributed by atoms with Crippen molar-refractivity contribution in [3.63, 3.8) is 0 Å². The van der Waals surface area contributed by atoms with Gasteiger partial charge < -0.3 is 0 Å². The van der Waals surface area contributed by atoms with Crippen LogP contribution in [0.25, 0.3) is 293 Å². The van der Waals surface area contributed by atoms with E-state index in [1.165, 1.54) is 176 Å². The van der Waals surface area contributed by atoms with E-state index in [1.54, 1.807) is 0 Å². The van der Waals surface area contributed by atoms with Crippen LogP contribution >= 0.6 is 68.0 Å². The summed E-state index contributed by atoms with van der Waals surface area (Å²) in [5.41, 5.74) is 22.6. The Kier molecular flexibility index (Phi) is 18.7. The zero-order chi connectivity index (χ0) is 93.6. The standard InChI is InChI=1S/2C44H25N3S2.C40H23N3S2/c1-2-12-27(13-3-1)39-35-25-28(30-18-10-14-26-11-4-5-15-29(26)30)21-24-36(35)45-44(46-39)47-37-19-8-6-16-31(37)32-22-23-34-41(40(32)47)49-42-33-17-7-9-20-38(33)48-43(34)42;1-2-11-27(12-3-1)39-35-25-30(29-19-18-26-10-4-5-13-28(26)24-29)20-23-36(35)45-44(46-39)47-37-16-8-6-14-31(37)32-21-22-34-41(40(32)47)49-42-33-15-7-9-17-38(33)48-43(34)42;1-3-11-24(12-4-1)26-19-22-32-31(23-26)35(25-13-5-2-6-14-25)42-40(41-32)43-33-17-9-7-15-27(33)28-20-21-30-37(36(28)43)45-38-29-16-8-10-18-34(29)44-39(30)38/h2*1-25H;1-23H. The number of aromatic nitrogens is 9. The molecule has 0 bridgehead atoms. The highest BCUT2D eigenvalue weighted by Gasteiger charge is 2.29. The summed E-state index contributed by atoms with van der Waals surface area (Å²) in [6.07, 6.45) is 0. The lowest BCUT2D eigenvalue weighted by Gasteiger charge is -2.14. The van der Waals surface area contributed by atoms with Gasteiger partial charge in [-0.15, -0.1) is 68.0 Å². The van der Waals surface area contributed by atoms with Gasteiger partial charge in [0.05, 0.1) is 109 Å². The Hall–Kier alpha value is -17.1. The van der Waals surface area contributed by atoms with E-state index in [1.807, 2.05) is 68.0 Å². The Bertz CT molecular complexity index is 10900.